The van der Waals surface area contributed by atoms with Crippen LogP contribution in [-0.4, -0.2) is 29.1 Å². The molecule has 0 radical (unpaired) electrons. The van der Waals surface area contributed by atoms with Crippen molar-refractivity contribution >= 4 is 17.5 Å². The highest BCUT2D eigenvalue weighted by Crippen LogP contribution is 2.19. The molecule has 5 nitrogen and oxygen atoms in total. The molecule has 0 aliphatic heterocycles. The molecule has 2 N–H and O–H groups in total. The Morgan fingerprint density at radius 3 is 2.75 bits per heavy atom. The number of aromatic nitrogens is 1. The highest BCUT2D eigenvalue weighted by molar-refractivity contribution is 6.30. The molecule has 0 saturated carbocycles. The summed E-state index contributed by atoms with van der Waals surface area (Å²) in [4.78, 5) is 16.6. The third-order valence-electron chi connectivity index (χ3n) is 4.27. The smallest absolute Gasteiger partial charge is 0.251 e. The summed E-state index contributed by atoms with van der Waals surface area (Å²) < 4.78 is 5.74. The normalized spacial score (nSPS) is 11.6. The molecule has 0 bridgehead atoms. The van der Waals surface area contributed by atoms with Crippen molar-refractivity contribution < 1.29 is 14.6 Å². The summed E-state index contributed by atoms with van der Waals surface area (Å²) in [6.07, 6.45) is 3.44. The first-order valence-electron chi connectivity index (χ1n) is 8.92. The van der Waals surface area contributed by atoms with E-state index in [-0.39, 0.29) is 18.4 Å². The number of amides is 1. The molecule has 0 fully saturated rings. The van der Waals surface area contributed by atoms with Crippen molar-refractivity contribution in [2.24, 2.45) is 0 Å². The number of carbonyl (C=O) groups excluding carboxylic acids is 1. The zero-order valence-corrected chi connectivity index (χ0v) is 16.0. The van der Waals surface area contributed by atoms with Crippen molar-refractivity contribution in [3.05, 3.63) is 94.8 Å². The Morgan fingerprint density at radius 2 is 2.00 bits per heavy atom. The fraction of sp³-hybridized carbons (Fsp3) is 0.182. The summed E-state index contributed by atoms with van der Waals surface area (Å²) >= 11 is 6.01. The molecule has 3 aromatic rings. The van der Waals surface area contributed by atoms with Crippen molar-refractivity contribution in [1.29, 1.82) is 0 Å². The molecule has 0 aliphatic carbocycles. The van der Waals surface area contributed by atoms with E-state index in [0.29, 0.717) is 29.5 Å². The standard InChI is InChI=1S/C22H21ClN2O3/c23-20-7-1-5-17(10-20)19(14-26)13-25-22(27)18-6-2-8-21(11-18)28-15-16-4-3-9-24-12-16/h1-12,19,26H,13-15H2,(H,25,27). The van der Waals surface area contributed by atoms with Gasteiger partial charge in [0.15, 0.2) is 0 Å². The predicted octanol–water partition coefficient (Wildman–Crippen LogP) is 3.82. The molecule has 28 heavy (non-hydrogen) atoms. The Hall–Kier alpha value is -2.89. The number of aliphatic hydroxyl groups is 1. The number of hydrogen-bond donors (Lipinski definition) is 2. The summed E-state index contributed by atoms with van der Waals surface area (Å²) in [5, 5.41) is 13.1. The number of carbonyl (C=O) groups is 1. The maximum Gasteiger partial charge on any atom is 0.251 e. The second kappa shape index (κ2) is 9.88. The average molecular weight is 397 g/mol. The second-order valence-corrected chi connectivity index (χ2v) is 6.76. The third kappa shape index (κ3) is 5.55. The highest BCUT2D eigenvalue weighted by Gasteiger charge is 2.14. The maximum absolute atomic E-state index is 12.5. The van der Waals surface area contributed by atoms with Gasteiger partial charge in [0.2, 0.25) is 0 Å². The first-order valence-corrected chi connectivity index (χ1v) is 9.30. The topological polar surface area (TPSA) is 71.5 Å². The predicted molar refractivity (Wildman–Crippen MR) is 109 cm³/mol. The summed E-state index contributed by atoms with van der Waals surface area (Å²) in [6.45, 7) is 0.589. The van der Waals surface area contributed by atoms with Crippen molar-refractivity contribution in [3.63, 3.8) is 0 Å². The van der Waals surface area contributed by atoms with E-state index in [1.54, 1.807) is 48.8 Å². The Kier molecular flexibility index (Phi) is 7.00. The van der Waals surface area contributed by atoms with Gasteiger partial charge < -0.3 is 15.2 Å². The minimum atomic E-state index is -0.229. The first kappa shape index (κ1) is 19.9. The van der Waals surface area contributed by atoms with Crippen LogP contribution in [0, 0.1) is 0 Å². The number of pyridine rings is 1. The van der Waals surface area contributed by atoms with Crippen LogP contribution >= 0.6 is 11.6 Å². The second-order valence-electron chi connectivity index (χ2n) is 6.32. The van der Waals surface area contributed by atoms with E-state index in [2.05, 4.69) is 10.3 Å². The highest BCUT2D eigenvalue weighted by atomic mass is 35.5. The fourth-order valence-electron chi connectivity index (χ4n) is 2.74. The van der Waals surface area contributed by atoms with Gasteiger partial charge in [-0.05, 0) is 42.0 Å². The van der Waals surface area contributed by atoms with E-state index < -0.39 is 0 Å². The summed E-state index contributed by atoms with van der Waals surface area (Å²) in [5.74, 6) is 0.144. The van der Waals surface area contributed by atoms with Gasteiger partial charge >= 0.3 is 0 Å². The van der Waals surface area contributed by atoms with E-state index in [9.17, 15) is 9.90 Å². The molecule has 1 unspecified atom stereocenters. The molecule has 0 aliphatic rings. The quantitative estimate of drug-likeness (QED) is 0.607. The molecule has 6 heteroatoms. The van der Waals surface area contributed by atoms with Crippen LogP contribution in [0.5, 0.6) is 5.75 Å². The van der Waals surface area contributed by atoms with Crippen molar-refractivity contribution in [1.82, 2.24) is 10.3 Å². The lowest BCUT2D eigenvalue weighted by molar-refractivity contribution is 0.0947. The van der Waals surface area contributed by atoms with Gasteiger partial charge in [-0.1, -0.05) is 35.9 Å². The monoisotopic (exact) mass is 396 g/mol. The zero-order valence-electron chi connectivity index (χ0n) is 15.2. The number of aliphatic hydroxyl groups excluding tert-OH is 1. The molecule has 1 aromatic heterocycles. The fourth-order valence-corrected chi connectivity index (χ4v) is 2.94. The molecule has 1 atom stereocenters. The van der Waals surface area contributed by atoms with Crippen molar-refractivity contribution in [2.45, 2.75) is 12.5 Å². The van der Waals surface area contributed by atoms with Crippen LogP contribution in [-0.2, 0) is 6.61 Å². The van der Waals surface area contributed by atoms with Crippen LogP contribution in [0.3, 0.4) is 0 Å². The first-order chi connectivity index (χ1) is 13.7. The summed E-state index contributed by atoms with van der Waals surface area (Å²) in [5.41, 5.74) is 2.32. The molecule has 3 rings (SSSR count). The average Bonchev–Trinajstić information content (AvgIpc) is 2.73. The minimum absolute atomic E-state index is 0.0884. The van der Waals surface area contributed by atoms with Gasteiger partial charge in [0, 0.05) is 41.0 Å². The molecule has 1 amide bonds. The van der Waals surface area contributed by atoms with Gasteiger partial charge in [-0.3, -0.25) is 9.78 Å². The van der Waals surface area contributed by atoms with Crippen molar-refractivity contribution in [3.8, 4) is 5.75 Å². The van der Waals surface area contributed by atoms with Gasteiger partial charge in [0.25, 0.3) is 5.91 Å². The number of halogens is 1. The van der Waals surface area contributed by atoms with Crippen LogP contribution in [0.2, 0.25) is 5.02 Å². The Bertz CT molecular complexity index is 918. The van der Waals surface area contributed by atoms with Gasteiger partial charge in [0.1, 0.15) is 12.4 Å². The lowest BCUT2D eigenvalue weighted by Gasteiger charge is -2.16. The number of ether oxygens (including phenoxy) is 1. The van der Waals surface area contributed by atoms with Gasteiger partial charge in [-0.15, -0.1) is 0 Å². The largest absolute Gasteiger partial charge is 0.489 e. The lowest BCUT2D eigenvalue weighted by Crippen LogP contribution is -2.29. The van der Waals surface area contributed by atoms with Gasteiger partial charge in [-0.2, -0.15) is 0 Å². The SMILES string of the molecule is O=C(NCC(CO)c1cccc(Cl)c1)c1cccc(OCc2cccnc2)c1. The Morgan fingerprint density at radius 1 is 1.14 bits per heavy atom. The van der Waals surface area contributed by atoms with E-state index in [0.717, 1.165) is 11.1 Å². The number of benzene rings is 2. The van der Waals surface area contributed by atoms with Crippen LogP contribution < -0.4 is 10.1 Å². The third-order valence-corrected chi connectivity index (χ3v) is 4.51. The number of hydrogen-bond acceptors (Lipinski definition) is 4. The minimum Gasteiger partial charge on any atom is -0.489 e. The van der Waals surface area contributed by atoms with Gasteiger partial charge in [0.05, 0.1) is 6.61 Å². The molecule has 144 valence electrons. The van der Waals surface area contributed by atoms with E-state index in [1.807, 2.05) is 24.3 Å². The molecular formula is C22H21ClN2O3. The van der Waals surface area contributed by atoms with E-state index >= 15 is 0 Å². The summed E-state index contributed by atoms with van der Waals surface area (Å²) in [6, 6.07) is 18.0. The van der Waals surface area contributed by atoms with E-state index in [4.69, 9.17) is 16.3 Å². The number of nitrogens with one attached hydrogen (secondary N) is 1. The Labute approximate surface area is 169 Å². The van der Waals surface area contributed by atoms with Crippen molar-refractivity contribution in [2.75, 3.05) is 13.2 Å². The Balaban J connectivity index is 1.59. The molecule has 0 spiro atoms. The number of nitrogens with zero attached hydrogens (tertiary/aromatic N) is 1. The molecule has 1 heterocycles. The molecule has 2 aromatic carbocycles. The zero-order chi connectivity index (χ0) is 19.8. The lowest BCUT2D eigenvalue weighted by atomic mass is 10.00. The summed E-state index contributed by atoms with van der Waals surface area (Å²) in [7, 11) is 0. The maximum atomic E-state index is 12.5. The van der Waals surface area contributed by atoms with Crippen LogP contribution in [0.1, 0.15) is 27.4 Å². The van der Waals surface area contributed by atoms with Crippen LogP contribution in [0.25, 0.3) is 0 Å². The molecular weight excluding hydrogens is 376 g/mol. The van der Waals surface area contributed by atoms with Crippen LogP contribution in [0.4, 0.5) is 0 Å². The van der Waals surface area contributed by atoms with E-state index in [1.165, 1.54) is 0 Å². The molecule has 0 saturated heterocycles. The number of rotatable bonds is 8. The van der Waals surface area contributed by atoms with Gasteiger partial charge in [-0.25, -0.2) is 0 Å². The van der Waals surface area contributed by atoms with Crippen LogP contribution in [0.15, 0.2) is 73.1 Å².